The minimum Gasteiger partial charge on any atom is -0.468 e. The van der Waals surface area contributed by atoms with Crippen molar-refractivity contribution < 1.29 is 13.6 Å². The third-order valence-corrected chi connectivity index (χ3v) is 4.55. The Hall–Kier alpha value is -3.71. The molecule has 30 heavy (non-hydrogen) atoms. The summed E-state index contributed by atoms with van der Waals surface area (Å²) in [5.74, 6) is 1.06. The van der Waals surface area contributed by atoms with E-state index in [1.165, 1.54) is 11.8 Å². The summed E-state index contributed by atoms with van der Waals surface area (Å²) in [7, 11) is 0. The van der Waals surface area contributed by atoms with Gasteiger partial charge in [-0.25, -0.2) is 4.98 Å². The molecule has 0 unspecified atom stereocenters. The molecule has 0 spiro atoms. The van der Waals surface area contributed by atoms with Gasteiger partial charge in [0.05, 0.1) is 19.4 Å². The molecule has 0 aliphatic carbocycles. The van der Waals surface area contributed by atoms with Gasteiger partial charge in [0.15, 0.2) is 5.69 Å². The highest BCUT2D eigenvalue weighted by Crippen LogP contribution is 2.14. The van der Waals surface area contributed by atoms with E-state index in [2.05, 4.69) is 32.3 Å². The minimum atomic E-state index is -0.276. The van der Waals surface area contributed by atoms with Crippen LogP contribution in [0.1, 0.15) is 33.3 Å². The fourth-order valence-corrected chi connectivity index (χ4v) is 3.08. The van der Waals surface area contributed by atoms with E-state index in [4.69, 9.17) is 8.83 Å². The van der Waals surface area contributed by atoms with Gasteiger partial charge in [0.2, 0.25) is 5.89 Å². The summed E-state index contributed by atoms with van der Waals surface area (Å²) in [6, 6.07) is 17.7. The van der Waals surface area contributed by atoms with Gasteiger partial charge in [-0.1, -0.05) is 30.3 Å². The molecule has 1 aromatic carbocycles. The number of aromatic nitrogens is 2. The zero-order valence-corrected chi connectivity index (χ0v) is 16.4. The molecule has 0 fully saturated rings. The standard InChI is InChI=1S/C23H22N4O3/c28-23(25-13-18-8-10-24-11-9-18)21-17-30-22(26-21)16-27(15-20-7-4-12-29-20)14-19-5-2-1-3-6-19/h1-12,17H,13-16H2,(H,25,28). The summed E-state index contributed by atoms with van der Waals surface area (Å²) in [5.41, 5.74) is 2.40. The largest absolute Gasteiger partial charge is 0.468 e. The first kappa shape index (κ1) is 19.6. The van der Waals surface area contributed by atoms with Crippen LogP contribution in [0.2, 0.25) is 0 Å². The Kier molecular flexibility index (Phi) is 6.31. The Bertz CT molecular complexity index is 1050. The Labute approximate surface area is 174 Å². The maximum absolute atomic E-state index is 12.4. The smallest absolute Gasteiger partial charge is 0.273 e. The highest BCUT2D eigenvalue weighted by atomic mass is 16.3. The monoisotopic (exact) mass is 402 g/mol. The SMILES string of the molecule is O=C(NCc1ccncc1)c1coc(CN(Cc2ccccc2)Cc2ccco2)n1. The van der Waals surface area contributed by atoms with Crippen molar-refractivity contribution in [2.24, 2.45) is 0 Å². The number of pyridine rings is 1. The van der Waals surface area contributed by atoms with Crippen LogP contribution in [0.4, 0.5) is 0 Å². The maximum atomic E-state index is 12.4. The molecule has 1 N–H and O–H groups in total. The van der Waals surface area contributed by atoms with E-state index in [1.807, 2.05) is 42.5 Å². The molecule has 3 aromatic heterocycles. The summed E-state index contributed by atoms with van der Waals surface area (Å²) < 4.78 is 11.1. The van der Waals surface area contributed by atoms with Gasteiger partial charge in [0.25, 0.3) is 5.91 Å². The number of amides is 1. The number of furan rings is 1. The quantitative estimate of drug-likeness (QED) is 0.458. The first-order valence-electron chi connectivity index (χ1n) is 9.66. The molecule has 7 heteroatoms. The predicted octanol–water partition coefficient (Wildman–Crippen LogP) is 3.80. The summed E-state index contributed by atoms with van der Waals surface area (Å²) in [5, 5.41) is 2.84. The van der Waals surface area contributed by atoms with Crippen molar-refractivity contribution in [1.82, 2.24) is 20.2 Å². The van der Waals surface area contributed by atoms with E-state index in [0.717, 1.165) is 11.3 Å². The van der Waals surface area contributed by atoms with Gasteiger partial charge >= 0.3 is 0 Å². The molecule has 1 amide bonds. The zero-order chi connectivity index (χ0) is 20.6. The lowest BCUT2D eigenvalue weighted by molar-refractivity contribution is 0.0945. The third kappa shape index (κ3) is 5.42. The van der Waals surface area contributed by atoms with Crippen LogP contribution in [0, 0.1) is 0 Å². The maximum Gasteiger partial charge on any atom is 0.273 e. The van der Waals surface area contributed by atoms with Crippen LogP contribution < -0.4 is 5.32 Å². The molecule has 0 atom stereocenters. The molecule has 4 aromatic rings. The van der Waals surface area contributed by atoms with Crippen LogP contribution >= 0.6 is 0 Å². The van der Waals surface area contributed by atoms with Crippen molar-refractivity contribution in [2.45, 2.75) is 26.2 Å². The van der Waals surface area contributed by atoms with Crippen molar-refractivity contribution in [3.05, 3.63) is 108 Å². The van der Waals surface area contributed by atoms with E-state index in [1.54, 1.807) is 18.7 Å². The molecule has 0 aliphatic heterocycles. The van der Waals surface area contributed by atoms with Crippen LogP contribution in [0.5, 0.6) is 0 Å². The minimum absolute atomic E-state index is 0.261. The van der Waals surface area contributed by atoms with Crippen molar-refractivity contribution in [3.63, 3.8) is 0 Å². The molecule has 0 saturated heterocycles. The number of benzene rings is 1. The average molecular weight is 402 g/mol. The Morgan fingerprint density at radius 1 is 0.900 bits per heavy atom. The van der Waals surface area contributed by atoms with E-state index in [-0.39, 0.29) is 11.6 Å². The Morgan fingerprint density at radius 2 is 1.73 bits per heavy atom. The molecule has 0 bridgehead atoms. The molecule has 152 valence electrons. The van der Waals surface area contributed by atoms with Crippen LogP contribution in [-0.4, -0.2) is 20.8 Å². The van der Waals surface area contributed by atoms with Gasteiger partial charge in [-0.2, -0.15) is 0 Å². The van der Waals surface area contributed by atoms with E-state index >= 15 is 0 Å². The van der Waals surface area contributed by atoms with Gasteiger partial charge < -0.3 is 14.2 Å². The second kappa shape index (κ2) is 9.67. The number of oxazole rings is 1. The second-order valence-corrected chi connectivity index (χ2v) is 6.87. The third-order valence-electron chi connectivity index (χ3n) is 4.55. The molecule has 7 nitrogen and oxygen atoms in total. The highest BCUT2D eigenvalue weighted by Gasteiger charge is 2.16. The Morgan fingerprint density at radius 3 is 2.50 bits per heavy atom. The number of carbonyl (C=O) groups excluding carboxylic acids is 1. The predicted molar refractivity (Wildman–Crippen MR) is 110 cm³/mol. The van der Waals surface area contributed by atoms with Crippen LogP contribution in [0.25, 0.3) is 0 Å². The lowest BCUT2D eigenvalue weighted by Gasteiger charge is -2.19. The highest BCUT2D eigenvalue weighted by molar-refractivity contribution is 5.91. The lowest BCUT2D eigenvalue weighted by atomic mass is 10.2. The van der Waals surface area contributed by atoms with E-state index in [9.17, 15) is 4.79 Å². The average Bonchev–Trinajstić information content (AvgIpc) is 3.46. The summed E-state index contributed by atoms with van der Waals surface area (Å²) in [4.78, 5) is 22.9. The van der Waals surface area contributed by atoms with Crippen molar-refractivity contribution in [3.8, 4) is 0 Å². The number of rotatable bonds is 9. The van der Waals surface area contributed by atoms with Crippen LogP contribution in [0.3, 0.4) is 0 Å². The fraction of sp³-hybridized carbons (Fsp3) is 0.174. The summed E-state index contributed by atoms with van der Waals surface area (Å²) in [6.07, 6.45) is 6.43. The first-order valence-corrected chi connectivity index (χ1v) is 9.66. The molecule has 0 radical (unpaired) electrons. The first-order chi connectivity index (χ1) is 14.8. The number of hydrogen-bond donors (Lipinski definition) is 1. The molecule has 3 heterocycles. The molecule has 0 saturated carbocycles. The fourth-order valence-electron chi connectivity index (χ4n) is 3.08. The number of carbonyl (C=O) groups is 1. The topological polar surface area (TPSA) is 84.4 Å². The molecular weight excluding hydrogens is 380 g/mol. The normalized spacial score (nSPS) is 11.0. The van der Waals surface area contributed by atoms with Crippen molar-refractivity contribution in [2.75, 3.05) is 0 Å². The Balaban J connectivity index is 1.40. The van der Waals surface area contributed by atoms with Crippen molar-refractivity contribution in [1.29, 1.82) is 0 Å². The van der Waals surface area contributed by atoms with Gasteiger partial charge in [-0.3, -0.25) is 14.7 Å². The number of hydrogen-bond acceptors (Lipinski definition) is 6. The molecule has 0 aliphatic rings. The van der Waals surface area contributed by atoms with Gasteiger partial charge in [-0.05, 0) is 35.4 Å². The van der Waals surface area contributed by atoms with E-state index in [0.29, 0.717) is 32.1 Å². The summed E-state index contributed by atoms with van der Waals surface area (Å²) in [6.45, 7) is 2.16. The second-order valence-electron chi connectivity index (χ2n) is 6.87. The van der Waals surface area contributed by atoms with Crippen LogP contribution in [0.15, 0.2) is 88.4 Å². The molecule has 4 rings (SSSR count). The van der Waals surface area contributed by atoms with Crippen molar-refractivity contribution >= 4 is 5.91 Å². The number of nitrogens with one attached hydrogen (secondary N) is 1. The lowest BCUT2D eigenvalue weighted by Crippen LogP contribution is -2.24. The van der Waals surface area contributed by atoms with Crippen LogP contribution in [-0.2, 0) is 26.2 Å². The summed E-state index contributed by atoms with van der Waals surface area (Å²) >= 11 is 0. The van der Waals surface area contributed by atoms with Gasteiger partial charge in [0.1, 0.15) is 12.0 Å². The number of nitrogens with zero attached hydrogens (tertiary/aromatic N) is 3. The van der Waals surface area contributed by atoms with E-state index < -0.39 is 0 Å². The zero-order valence-electron chi connectivity index (χ0n) is 16.4. The van der Waals surface area contributed by atoms with Gasteiger partial charge in [-0.15, -0.1) is 0 Å². The molecular formula is C23H22N4O3. The van der Waals surface area contributed by atoms with Gasteiger partial charge in [0, 0.05) is 25.5 Å².